The lowest BCUT2D eigenvalue weighted by Gasteiger charge is -2.16. The molecule has 1 rings (SSSR count). The lowest BCUT2D eigenvalue weighted by Crippen LogP contribution is -2.19. The van der Waals surface area contributed by atoms with Crippen molar-refractivity contribution < 1.29 is 36.2 Å². The molecular weight excluding hydrogens is 369 g/mol. The molecule has 1 aromatic heterocycles. The third kappa shape index (κ3) is 5.10. The zero-order valence-electron chi connectivity index (χ0n) is 10.5. The van der Waals surface area contributed by atoms with Gasteiger partial charge in [0.1, 0.15) is 11.4 Å². The number of halogens is 6. The molecule has 0 N–H and O–H groups in total. The van der Waals surface area contributed by atoms with Crippen LogP contribution in [0.1, 0.15) is 23.4 Å². The molecule has 4 nitrogen and oxygen atoms in total. The van der Waals surface area contributed by atoms with Crippen molar-refractivity contribution in [3.8, 4) is 5.75 Å². The largest absolute Gasteiger partial charge is 0.573 e. The molecule has 0 aliphatic carbocycles. The standard InChI is InChI=1S/C11H9BrF5NO3/c1-20-8(19)3-5-2-7(21-11(15,16)17)6(4-12)9(18-5)10(13)14/h2,10H,3-4H2,1H3. The average Bonchev–Trinajstić information content (AvgIpc) is 2.36. The van der Waals surface area contributed by atoms with Crippen LogP contribution in [-0.4, -0.2) is 24.4 Å². The van der Waals surface area contributed by atoms with Crippen molar-refractivity contribution in [3.63, 3.8) is 0 Å². The molecule has 0 unspecified atom stereocenters. The summed E-state index contributed by atoms with van der Waals surface area (Å²) in [5, 5.41) is -0.316. The van der Waals surface area contributed by atoms with E-state index in [0.717, 1.165) is 13.2 Å². The molecule has 0 atom stereocenters. The Morgan fingerprint density at radius 2 is 2.05 bits per heavy atom. The zero-order chi connectivity index (χ0) is 16.2. The minimum absolute atomic E-state index is 0.305. The first-order valence-electron chi connectivity index (χ1n) is 5.37. The normalized spacial score (nSPS) is 11.6. The number of hydrogen-bond donors (Lipinski definition) is 0. The van der Waals surface area contributed by atoms with E-state index < -0.39 is 42.2 Å². The van der Waals surface area contributed by atoms with Crippen LogP contribution in [0.25, 0.3) is 0 Å². The van der Waals surface area contributed by atoms with Crippen LogP contribution in [0.2, 0.25) is 0 Å². The highest BCUT2D eigenvalue weighted by molar-refractivity contribution is 9.08. The predicted molar refractivity (Wildman–Crippen MR) is 64.2 cm³/mol. The van der Waals surface area contributed by atoms with E-state index in [1.54, 1.807) is 0 Å². The second kappa shape index (κ2) is 7.01. The maximum Gasteiger partial charge on any atom is 0.573 e. The number of hydrogen-bond acceptors (Lipinski definition) is 4. The van der Waals surface area contributed by atoms with Crippen LogP contribution < -0.4 is 4.74 Å². The fraction of sp³-hybridized carbons (Fsp3) is 0.455. The molecule has 0 spiro atoms. The Hall–Kier alpha value is -1.45. The number of methoxy groups -OCH3 is 1. The summed E-state index contributed by atoms with van der Waals surface area (Å²) < 4.78 is 70.8. The molecule has 0 saturated heterocycles. The summed E-state index contributed by atoms with van der Waals surface area (Å²) in [6.45, 7) is 0. The third-order valence-electron chi connectivity index (χ3n) is 2.29. The second-order valence-electron chi connectivity index (χ2n) is 3.71. The lowest BCUT2D eigenvalue weighted by molar-refractivity contribution is -0.274. The van der Waals surface area contributed by atoms with E-state index in [-0.39, 0.29) is 11.0 Å². The summed E-state index contributed by atoms with van der Waals surface area (Å²) in [5.41, 5.74) is -1.62. The molecule has 0 aromatic carbocycles. The number of nitrogens with zero attached hydrogens (tertiary/aromatic N) is 1. The van der Waals surface area contributed by atoms with Crippen LogP contribution in [0.3, 0.4) is 0 Å². The van der Waals surface area contributed by atoms with Crippen molar-refractivity contribution in [2.75, 3.05) is 7.11 Å². The number of aromatic nitrogens is 1. The monoisotopic (exact) mass is 377 g/mol. The van der Waals surface area contributed by atoms with Crippen LogP contribution in [-0.2, 0) is 21.3 Å². The van der Waals surface area contributed by atoms with Crippen molar-refractivity contribution in [3.05, 3.63) is 23.0 Å². The van der Waals surface area contributed by atoms with Crippen LogP contribution in [0.4, 0.5) is 22.0 Å². The summed E-state index contributed by atoms with van der Waals surface area (Å²) in [5.74, 6) is -1.66. The molecule has 0 radical (unpaired) electrons. The SMILES string of the molecule is COC(=O)Cc1cc(OC(F)(F)F)c(CBr)c(C(F)F)n1. The summed E-state index contributed by atoms with van der Waals surface area (Å²) in [6, 6.07) is 0.785. The predicted octanol–water partition coefficient (Wildman–Crippen LogP) is 3.53. The molecule has 0 aliphatic rings. The summed E-state index contributed by atoms with van der Waals surface area (Å²) in [4.78, 5) is 14.6. The first-order chi connectivity index (χ1) is 9.67. The Kier molecular flexibility index (Phi) is 5.87. The fourth-order valence-electron chi connectivity index (χ4n) is 1.46. The Morgan fingerprint density at radius 3 is 2.48 bits per heavy atom. The molecule has 0 aliphatic heterocycles. The van der Waals surface area contributed by atoms with Crippen molar-refractivity contribution >= 4 is 21.9 Å². The minimum Gasteiger partial charge on any atom is -0.469 e. The average molecular weight is 378 g/mol. The fourth-order valence-corrected chi connectivity index (χ4v) is 2.02. The van der Waals surface area contributed by atoms with Gasteiger partial charge in [-0.3, -0.25) is 9.78 Å². The molecule has 0 bridgehead atoms. The van der Waals surface area contributed by atoms with Crippen LogP contribution in [0, 0.1) is 0 Å². The van der Waals surface area contributed by atoms with Gasteiger partial charge >= 0.3 is 12.3 Å². The molecule has 21 heavy (non-hydrogen) atoms. The van der Waals surface area contributed by atoms with E-state index in [1.807, 2.05) is 0 Å². The zero-order valence-corrected chi connectivity index (χ0v) is 12.1. The van der Waals surface area contributed by atoms with E-state index in [1.165, 1.54) is 0 Å². The molecular formula is C11H9BrF5NO3. The highest BCUT2D eigenvalue weighted by Crippen LogP contribution is 2.34. The molecule has 118 valence electrons. The molecule has 0 saturated carbocycles. The molecule has 1 aromatic rings. The van der Waals surface area contributed by atoms with Gasteiger partial charge < -0.3 is 9.47 Å². The summed E-state index contributed by atoms with van der Waals surface area (Å²) >= 11 is 2.81. The van der Waals surface area contributed by atoms with Gasteiger partial charge in [-0.1, -0.05) is 15.9 Å². The second-order valence-corrected chi connectivity index (χ2v) is 4.27. The summed E-state index contributed by atoms with van der Waals surface area (Å²) in [6.07, 6.45) is -8.72. The molecule has 0 fully saturated rings. The van der Waals surface area contributed by atoms with Gasteiger partial charge in [0.25, 0.3) is 6.43 Å². The molecule has 10 heteroatoms. The smallest absolute Gasteiger partial charge is 0.469 e. The number of alkyl halides is 6. The van der Waals surface area contributed by atoms with Crippen LogP contribution >= 0.6 is 15.9 Å². The Balaban J connectivity index is 3.33. The maximum absolute atomic E-state index is 12.9. The lowest BCUT2D eigenvalue weighted by atomic mass is 10.1. The first kappa shape index (κ1) is 17.6. The van der Waals surface area contributed by atoms with Gasteiger partial charge in [-0.05, 0) is 0 Å². The van der Waals surface area contributed by atoms with E-state index in [2.05, 4.69) is 30.4 Å². The Labute approximate surface area is 124 Å². The third-order valence-corrected chi connectivity index (χ3v) is 2.85. The van der Waals surface area contributed by atoms with Gasteiger partial charge in [-0.2, -0.15) is 0 Å². The Bertz CT molecular complexity index is 521. The van der Waals surface area contributed by atoms with Crippen molar-refractivity contribution in [2.45, 2.75) is 24.5 Å². The van der Waals surface area contributed by atoms with Crippen molar-refractivity contribution in [1.29, 1.82) is 0 Å². The van der Waals surface area contributed by atoms with Gasteiger partial charge in [0.2, 0.25) is 0 Å². The van der Waals surface area contributed by atoms with Crippen molar-refractivity contribution in [2.24, 2.45) is 0 Å². The Morgan fingerprint density at radius 1 is 1.43 bits per heavy atom. The number of esters is 1. The van der Waals surface area contributed by atoms with Gasteiger partial charge in [-0.25, -0.2) is 8.78 Å². The van der Waals surface area contributed by atoms with Crippen LogP contribution in [0.5, 0.6) is 5.75 Å². The number of ether oxygens (including phenoxy) is 2. The minimum atomic E-state index is -5.06. The van der Waals surface area contributed by atoms with E-state index in [0.29, 0.717) is 0 Å². The van der Waals surface area contributed by atoms with Gasteiger partial charge in [0.05, 0.1) is 19.2 Å². The number of pyridine rings is 1. The van der Waals surface area contributed by atoms with E-state index >= 15 is 0 Å². The first-order valence-corrected chi connectivity index (χ1v) is 6.49. The molecule has 1 heterocycles. The van der Waals surface area contributed by atoms with Crippen LogP contribution in [0.15, 0.2) is 6.07 Å². The number of rotatable bonds is 5. The highest BCUT2D eigenvalue weighted by Gasteiger charge is 2.34. The quantitative estimate of drug-likeness (QED) is 0.447. The number of carbonyl (C=O) groups is 1. The van der Waals surface area contributed by atoms with Gasteiger partial charge in [0, 0.05) is 17.0 Å². The van der Waals surface area contributed by atoms with Gasteiger partial charge in [0.15, 0.2) is 0 Å². The van der Waals surface area contributed by atoms with E-state index in [4.69, 9.17) is 0 Å². The maximum atomic E-state index is 12.9. The topological polar surface area (TPSA) is 48.4 Å². The summed E-state index contributed by atoms with van der Waals surface area (Å²) in [7, 11) is 1.05. The molecule has 0 amide bonds. The van der Waals surface area contributed by atoms with E-state index in [9.17, 15) is 26.7 Å². The van der Waals surface area contributed by atoms with Gasteiger partial charge in [-0.15, -0.1) is 13.2 Å². The highest BCUT2D eigenvalue weighted by atomic mass is 79.9. The number of carbonyl (C=O) groups excluding carboxylic acids is 1. The van der Waals surface area contributed by atoms with Crippen molar-refractivity contribution in [1.82, 2.24) is 4.98 Å².